The fraction of sp³-hybridized carbons (Fsp3) is 0.833. The number of nitrogens with one attached hydrogen (secondary N) is 1. The number of urea groups is 1. The summed E-state index contributed by atoms with van der Waals surface area (Å²) in [6.45, 7) is 9.59. The summed E-state index contributed by atoms with van der Waals surface area (Å²) in [7, 11) is 1.90. The lowest BCUT2D eigenvalue weighted by atomic mass is 9.94. The van der Waals surface area contributed by atoms with Gasteiger partial charge in [0.1, 0.15) is 6.33 Å². The predicted octanol–water partition coefficient (Wildman–Crippen LogP) is 2.03. The first-order chi connectivity index (χ1) is 12.0. The molecule has 1 aromatic rings. The second kappa shape index (κ2) is 8.17. The van der Waals surface area contributed by atoms with E-state index >= 15 is 0 Å². The summed E-state index contributed by atoms with van der Waals surface area (Å²) in [6, 6.07) is -0.114. The molecule has 1 aromatic heterocycles. The van der Waals surface area contributed by atoms with Crippen LogP contribution in [0.15, 0.2) is 6.33 Å². The van der Waals surface area contributed by atoms with E-state index in [0.29, 0.717) is 5.92 Å². The molecule has 3 heterocycles. The molecule has 0 unspecified atom stereocenters. The highest BCUT2D eigenvalue weighted by Crippen LogP contribution is 2.22. The van der Waals surface area contributed by atoms with Gasteiger partial charge < -0.3 is 19.7 Å². The van der Waals surface area contributed by atoms with Crippen LogP contribution in [0.5, 0.6) is 0 Å². The van der Waals surface area contributed by atoms with Crippen molar-refractivity contribution in [2.45, 2.75) is 45.6 Å². The molecule has 2 saturated heterocycles. The normalized spacial score (nSPS) is 24.3. The van der Waals surface area contributed by atoms with E-state index in [2.05, 4.69) is 27.3 Å². The Hall–Kier alpha value is -1.63. The molecule has 25 heavy (non-hydrogen) atoms. The van der Waals surface area contributed by atoms with Crippen LogP contribution in [0.3, 0.4) is 0 Å². The molecule has 2 aliphatic rings. The van der Waals surface area contributed by atoms with Gasteiger partial charge in [-0.2, -0.15) is 0 Å². The molecule has 2 fully saturated rings. The molecule has 0 bridgehead atoms. The van der Waals surface area contributed by atoms with Gasteiger partial charge in [-0.15, -0.1) is 10.2 Å². The lowest BCUT2D eigenvalue weighted by Crippen LogP contribution is -2.49. The van der Waals surface area contributed by atoms with Gasteiger partial charge in [0, 0.05) is 26.7 Å². The SMILES string of the molecule is CC1CCN(C[C@H]2CCCN(C(=O)N[C@@H](C)c3nncn3C)C2)CC1. The van der Waals surface area contributed by atoms with Crippen LogP contribution < -0.4 is 5.32 Å². The molecule has 7 nitrogen and oxygen atoms in total. The lowest BCUT2D eigenvalue weighted by Gasteiger charge is -2.38. The van der Waals surface area contributed by atoms with E-state index in [1.807, 2.05) is 23.4 Å². The highest BCUT2D eigenvalue weighted by Gasteiger charge is 2.27. The Balaban J connectivity index is 1.49. The van der Waals surface area contributed by atoms with Crippen molar-refractivity contribution >= 4 is 6.03 Å². The minimum atomic E-state index is -0.135. The third kappa shape index (κ3) is 4.71. The van der Waals surface area contributed by atoms with Crippen molar-refractivity contribution in [2.75, 3.05) is 32.7 Å². The van der Waals surface area contributed by atoms with Crippen LogP contribution in [-0.4, -0.2) is 63.3 Å². The molecular weight excluding hydrogens is 316 g/mol. The highest BCUT2D eigenvalue weighted by molar-refractivity contribution is 5.74. The molecule has 3 rings (SSSR count). The lowest BCUT2D eigenvalue weighted by molar-refractivity contribution is 0.119. The van der Waals surface area contributed by atoms with Crippen molar-refractivity contribution in [3.05, 3.63) is 12.2 Å². The summed E-state index contributed by atoms with van der Waals surface area (Å²) in [5, 5.41) is 11.0. The third-order valence-electron chi connectivity index (χ3n) is 5.67. The van der Waals surface area contributed by atoms with Crippen LogP contribution in [0.1, 0.15) is 51.4 Å². The maximum atomic E-state index is 12.6. The molecule has 0 aliphatic carbocycles. The van der Waals surface area contributed by atoms with Crippen LogP contribution in [0.2, 0.25) is 0 Å². The van der Waals surface area contributed by atoms with Gasteiger partial charge in [0.15, 0.2) is 5.82 Å². The maximum absolute atomic E-state index is 12.6. The van der Waals surface area contributed by atoms with E-state index in [1.54, 1.807) is 6.33 Å². The average Bonchev–Trinajstić information content (AvgIpc) is 3.03. The Morgan fingerprint density at radius 3 is 2.76 bits per heavy atom. The molecule has 0 radical (unpaired) electrons. The molecule has 0 spiro atoms. The van der Waals surface area contributed by atoms with Crippen LogP contribution >= 0.6 is 0 Å². The third-order valence-corrected chi connectivity index (χ3v) is 5.67. The summed E-state index contributed by atoms with van der Waals surface area (Å²) in [6.07, 6.45) is 6.61. The van der Waals surface area contributed by atoms with Crippen LogP contribution in [-0.2, 0) is 7.05 Å². The van der Waals surface area contributed by atoms with Gasteiger partial charge in [-0.25, -0.2) is 4.79 Å². The Morgan fingerprint density at radius 1 is 1.32 bits per heavy atom. The fourth-order valence-electron chi connectivity index (χ4n) is 4.03. The quantitative estimate of drug-likeness (QED) is 0.904. The summed E-state index contributed by atoms with van der Waals surface area (Å²) in [5.41, 5.74) is 0. The summed E-state index contributed by atoms with van der Waals surface area (Å²) in [5.74, 6) is 2.24. The molecule has 2 amide bonds. The zero-order valence-electron chi connectivity index (χ0n) is 15.8. The Kier molecular flexibility index (Phi) is 5.93. The first kappa shape index (κ1) is 18.2. The number of hydrogen-bond donors (Lipinski definition) is 1. The van der Waals surface area contributed by atoms with Gasteiger partial charge >= 0.3 is 6.03 Å². The monoisotopic (exact) mass is 348 g/mol. The zero-order chi connectivity index (χ0) is 17.8. The van der Waals surface area contributed by atoms with E-state index in [1.165, 1.54) is 32.4 Å². The summed E-state index contributed by atoms with van der Waals surface area (Å²) >= 11 is 0. The molecular formula is C18H32N6O. The molecule has 0 saturated carbocycles. The first-order valence-electron chi connectivity index (χ1n) is 9.64. The fourth-order valence-corrected chi connectivity index (χ4v) is 4.03. The van der Waals surface area contributed by atoms with Crippen molar-refractivity contribution in [1.82, 2.24) is 29.9 Å². The maximum Gasteiger partial charge on any atom is 0.317 e. The largest absolute Gasteiger partial charge is 0.328 e. The highest BCUT2D eigenvalue weighted by atomic mass is 16.2. The molecule has 1 N–H and O–H groups in total. The number of amides is 2. The Labute approximate surface area is 150 Å². The van der Waals surface area contributed by atoms with E-state index in [-0.39, 0.29) is 12.1 Å². The number of hydrogen-bond acceptors (Lipinski definition) is 4. The minimum Gasteiger partial charge on any atom is -0.328 e. The number of aromatic nitrogens is 3. The van der Waals surface area contributed by atoms with Gasteiger partial charge in [-0.3, -0.25) is 0 Å². The Bertz CT molecular complexity index is 566. The second-order valence-corrected chi connectivity index (χ2v) is 7.91. The predicted molar refractivity (Wildman–Crippen MR) is 97.1 cm³/mol. The topological polar surface area (TPSA) is 66.3 Å². The first-order valence-corrected chi connectivity index (χ1v) is 9.64. The number of aryl methyl sites for hydroxylation is 1. The number of carbonyl (C=O) groups is 1. The Morgan fingerprint density at radius 2 is 2.08 bits per heavy atom. The minimum absolute atomic E-state index is 0.0208. The van der Waals surface area contributed by atoms with Gasteiger partial charge in [0.05, 0.1) is 6.04 Å². The van der Waals surface area contributed by atoms with Crippen LogP contribution in [0, 0.1) is 11.8 Å². The van der Waals surface area contributed by atoms with Crippen molar-refractivity contribution in [3.8, 4) is 0 Å². The van der Waals surface area contributed by atoms with Crippen molar-refractivity contribution in [2.24, 2.45) is 18.9 Å². The number of piperidine rings is 2. The molecule has 7 heteroatoms. The van der Waals surface area contributed by atoms with Gasteiger partial charge in [0.2, 0.25) is 0 Å². The molecule has 0 aromatic carbocycles. The number of rotatable bonds is 4. The smallest absolute Gasteiger partial charge is 0.317 e. The van der Waals surface area contributed by atoms with Crippen molar-refractivity contribution < 1.29 is 4.79 Å². The number of likely N-dealkylation sites (tertiary alicyclic amines) is 2. The second-order valence-electron chi connectivity index (χ2n) is 7.91. The van der Waals surface area contributed by atoms with Crippen molar-refractivity contribution in [1.29, 1.82) is 0 Å². The average molecular weight is 348 g/mol. The number of nitrogens with zero attached hydrogens (tertiary/aromatic N) is 5. The van der Waals surface area contributed by atoms with Crippen LogP contribution in [0.25, 0.3) is 0 Å². The summed E-state index contributed by atoms with van der Waals surface area (Å²) in [4.78, 5) is 17.2. The van der Waals surface area contributed by atoms with E-state index in [4.69, 9.17) is 0 Å². The van der Waals surface area contributed by atoms with Gasteiger partial charge in [-0.05, 0) is 57.5 Å². The van der Waals surface area contributed by atoms with E-state index < -0.39 is 0 Å². The molecule has 140 valence electrons. The standard InChI is InChI=1S/C18H32N6O/c1-14-6-9-23(10-7-14)11-16-5-4-8-24(12-16)18(25)20-15(2)17-21-19-13-22(17)3/h13-16H,4-12H2,1-3H3,(H,20,25)/t15-,16+/m0/s1. The molecule has 2 atom stereocenters. The van der Waals surface area contributed by atoms with E-state index in [0.717, 1.165) is 37.8 Å². The van der Waals surface area contributed by atoms with Crippen LogP contribution in [0.4, 0.5) is 4.79 Å². The summed E-state index contributed by atoms with van der Waals surface area (Å²) < 4.78 is 1.85. The van der Waals surface area contributed by atoms with Gasteiger partial charge in [0.25, 0.3) is 0 Å². The van der Waals surface area contributed by atoms with Crippen molar-refractivity contribution in [3.63, 3.8) is 0 Å². The van der Waals surface area contributed by atoms with Gasteiger partial charge in [-0.1, -0.05) is 6.92 Å². The number of carbonyl (C=O) groups excluding carboxylic acids is 1. The van der Waals surface area contributed by atoms with E-state index in [9.17, 15) is 4.79 Å². The zero-order valence-corrected chi connectivity index (χ0v) is 15.8. The molecule has 2 aliphatic heterocycles.